The Morgan fingerprint density at radius 2 is 2.00 bits per heavy atom. The van der Waals surface area contributed by atoms with E-state index in [1.165, 1.54) is 19.3 Å². The van der Waals surface area contributed by atoms with Gasteiger partial charge < -0.3 is 10.6 Å². The SMILES string of the molecule is CC1(CN)CCN(C(=O)C2CCCCC2)C1.Cl. The van der Waals surface area contributed by atoms with Crippen molar-refractivity contribution in [3.05, 3.63) is 0 Å². The zero-order valence-corrected chi connectivity index (χ0v) is 11.6. The van der Waals surface area contributed by atoms with Gasteiger partial charge in [-0.15, -0.1) is 12.4 Å². The zero-order chi connectivity index (χ0) is 11.6. The van der Waals surface area contributed by atoms with E-state index in [0.717, 1.165) is 32.4 Å². The summed E-state index contributed by atoms with van der Waals surface area (Å²) in [5.74, 6) is 0.714. The van der Waals surface area contributed by atoms with E-state index in [4.69, 9.17) is 5.73 Å². The molecular formula is C13H25ClN2O. The summed E-state index contributed by atoms with van der Waals surface area (Å²) in [7, 11) is 0. The van der Waals surface area contributed by atoms with Crippen LogP contribution in [0.2, 0.25) is 0 Å². The van der Waals surface area contributed by atoms with Crippen LogP contribution in [0, 0.1) is 11.3 Å². The number of hydrogen-bond acceptors (Lipinski definition) is 2. The molecular weight excluding hydrogens is 236 g/mol. The highest BCUT2D eigenvalue weighted by atomic mass is 35.5. The first-order valence-electron chi connectivity index (χ1n) is 6.63. The van der Waals surface area contributed by atoms with Crippen LogP contribution in [0.15, 0.2) is 0 Å². The molecule has 0 spiro atoms. The second kappa shape index (κ2) is 6.05. The molecule has 2 aliphatic rings. The van der Waals surface area contributed by atoms with Gasteiger partial charge in [-0.2, -0.15) is 0 Å². The minimum atomic E-state index is 0. The van der Waals surface area contributed by atoms with Gasteiger partial charge in [0.25, 0.3) is 0 Å². The third kappa shape index (κ3) is 3.35. The van der Waals surface area contributed by atoms with Gasteiger partial charge in [0.1, 0.15) is 0 Å². The molecule has 0 aromatic carbocycles. The topological polar surface area (TPSA) is 46.3 Å². The molecule has 2 N–H and O–H groups in total. The van der Waals surface area contributed by atoms with Crippen LogP contribution in [0.5, 0.6) is 0 Å². The molecule has 1 aliphatic heterocycles. The maximum absolute atomic E-state index is 12.3. The summed E-state index contributed by atoms with van der Waals surface area (Å²) in [4.78, 5) is 14.3. The molecule has 3 nitrogen and oxygen atoms in total. The fraction of sp³-hybridized carbons (Fsp3) is 0.923. The molecule has 100 valence electrons. The van der Waals surface area contributed by atoms with Gasteiger partial charge in [0.15, 0.2) is 0 Å². The normalized spacial score (nSPS) is 30.1. The number of nitrogens with two attached hydrogens (primary N) is 1. The third-order valence-electron chi connectivity index (χ3n) is 4.32. The molecule has 1 heterocycles. The highest BCUT2D eigenvalue weighted by Gasteiger charge is 2.37. The van der Waals surface area contributed by atoms with Gasteiger partial charge in [0, 0.05) is 19.0 Å². The van der Waals surface area contributed by atoms with Gasteiger partial charge in [0.05, 0.1) is 0 Å². The van der Waals surface area contributed by atoms with Crippen molar-refractivity contribution in [1.82, 2.24) is 4.90 Å². The Kier molecular flexibility index (Phi) is 5.26. The molecule has 1 saturated heterocycles. The molecule has 1 saturated carbocycles. The molecule has 4 heteroatoms. The van der Waals surface area contributed by atoms with E-state index in [2.05, 4.69) is 11.8 Å². The average molecular weight is 261 g/mol. The standard InChI is InChI=1S/C13H24N2O.ClH/c1-13(9-14)7-8-15(10-13)12(16)11-5-3-2-4-6-11;/h11H,2-10,14H2,1H3;1H. The van der Waals surface area contributed by atoms with Crippen LogP contribution >= 0.6 is 12.4 Å². The van der Waals surface area contributed by atoms with Crippen LogP contribution in [-0.2, 0) is 4.79 Å². The fourth-order valence-corrected chi connectivity index (χ4v) is 2.99. The van der Waals surface area contributed by atoms with Crippen LogP contribution in [0.3, 0.4) is 0 Å². The Balaban J connectivity index is 0.00000144. The number of carbonyl (C=O) groups is 1. The maximum atomic E-state index is 12.3. The van der Waals surface area contributed by atoms with Gasteiger partial charge in [-0.05, 0) is 31.2 Å². The smallest absolute Gasteiger partial charge is 0.225 e. The summed E-state index contributed by atoms with van der Waals surface area (Å²) < 4.78 is 0. The Morgan fingerprint density at radius 3 is 2.53 bits per heavy atom. The Hall–Kier alpha value is -0.280. The Bertz CT molecular complexity index is 266. The van der Waals surface area contributed by atoms with Crippen LogP contribution in [0.1, 0.15) is 45.4 Å². The van der Waals surface area contributed by atoms with Crippen molar-refractivity contribution in [2.75, 3.05) is 19.6 Å². The third-order valence-corrected chi connectivity index (χ3v) is 4.32. The van der Waals surface area contributed by atoms with E-state index in [0.29, 0.717) is 18.4 Å². The van der Waals surface area contributed by atoms with Crippen molar-refractivity contribution in [1.29, 1.82) is 0 Å². The number of rotatable bonds is 2. The lowest BCUT2D eigenvalue weighted by atomic mass is 9.88. The van der Waals surface area contributed by atoms with Gasteiger partial charge in [0.2, 0.25) is 5.91 Å². The second-order valence-corrected chi connectivity index (χ2v) is 5.86. The zero-order valence-electron chi connectivity index (χ0n) is 10.8. The molecule has 0 radical (unpaired) electrons. The number of carbonyl (C=O) groups excluding carboxylic acids is 1. The lowest BCUT2D eigenvalue weighted by molar-refractivity contribution is -0.135. The van der Waals surface area contributed by atoms with Gasteiger partial charge in [-0.25, -0.2) is 0 Å². The summed E-state index contributed by atoms with van der Waals surface area (Å²) in [6.45, 7) is 4.68. The van der Waals surface area contributed by atoms with Crippen LogP contribution in [-0.4, -0.2) is 30.4 Å². The van der Waals surface area contributed by atoms with E-state index in [1.807, 2.05) is 0 Å². The Morgan fingerprint density at radius 1 is 1.35 bits per heavy atom. The highest BCUT2D eigenvalue weighted by Crippen LogP contribution is 2.32. The van der Waals surface area contributed by atoms with Crippen molar-refractivity contribution in [3.63, 3.8) is 0 Å². The number of amides is 1. The first-order valence-corrected chi connectivity index (χ1v) is 6.63. The molecule has 0 aromatic heterocycles. The van der Waals surface area contributed by atoms with Crippen LogP contribution in [0.4, 0.5) is 0 Å². The van der Waals surface area contributed by atoms with E-state index < -0.39 is 0 Å². The summed E-state index contributed by atoms with van der Waals surface area (Å²) in [5, 5.41) is 0. The molecule has 0 aromatic rings. The predicted octanol–water partition coefficient (Wildman–Crippen LogP) is 2.19. The lowest BCUT2D eigenvalue weighted by Crippen LogP contribution is -2.38. The molecule has 17 heavy (non-hydrogen) atoms. The van der Waals surface area contributed by atoms with Crippen molar-refractivity contribution in [2.24, 2.45) is 17.1 Å². The van der Waals surface area contributed by atoms with Gasteiger partial charge in [-0.3, -0.25) is 4.79 Å². The van der Waals surface area contributed by atoms with Crippen molar-refractivity contribution in [2.45, 2.75) is 45.4 Å². The van der Waals surface area contributed by atoms with E-state index in [9.17, 15) is 4.79 Å². The van der Waals surface area contributed by atoms with E-state index >= 15 is 0 Å². The largest absolute Gasteiger partial charge is 0.342 e. The molecule has 1 unspecified atom stereocenters. The highest BCUT2D eigenvalue weighted by molar-refractivity contribution is 5.85. The van der Waals surface area contributed by atoms with Crippen molar-refractivity contribution in [3.8, 4) is 0 Å². The van der Waals surface area contributed by atoms with Gasteiger partial charge >= 0.3 is 0 Å². The fourth-order valence-electron chi connectivity index (χ4n) is 2.99. The number of halogens is 1. The quantitative estimate of drug-likeness (QED) is 0.827. The minimum absolute atomic E-state index is 0. The molecule has 1 amide bonds. The number of likely N-dealkylation sites (tertiary alicyclic amines) is 1. The summed E-state index contributed by atoms with van der Waals surface area (Å²) in [5.41, 5.74) is 5.94. The predicted molar refractivity (Wildman–Crippen MR) is 72.2 cm³/mol. The maximum Gasteiger partial charge on any atom is 0.225 e. The second-order valence-electron chi connectivity index (χ2n) is 5.86. The molecule has 1 aliphatic carbocycles. The monoisotopic (exact) mass is 260 g/mol. The first-order chi connectivity index (χ1) is 7.64. The molecule has 1 atom stereocenters. The summed E-state index contributed by atoms with van der Waals surface area (Å²) >= 11 is 0. The minimum Gasteiger partial charge on any atom is -0.342 e. The molecule has 0 bridgehead atoms. The van der Waals surface area contributed by atoms with Crippen LogP contribution < -0.4 is 5.73 Å². The summed E-state index contributed by atoms with van der Waals surface area (Å²) in [6.07, 6.45) is 7.06. The number of hydrogen-bond donors (Lipinski definition) is 1. The molecule has 2 rings (SSSR count). The lowest BCUT2D eigenvalue weighted by Gasteiger charge is -2.28. The van der Waals surface area contributed by atoms with Crippen molar-refractivity contribution >= 4 is 18.3 Å². The summed E-state index contributed by atoms with van der Waals surface area (Å²) in [6, 6.07) is 0. The van der Waals surface area contributed by atoms with E-state index in [1.54, 1.807) is 0 Å². The van der Waals surface area contributed by atoms with Crippen molar-refractivity contribution < 1.29 is 4.79 Å². The van der Waals surface area contributed by atoms with Crippen LogP contribution in [0.25, 0.3) is 0 Å². The Labute approximate surface area is 111 Å². The molecule has 2 fully saturated rings. The van der Waals surface area contributed by atoms with Gasteiger partial charge in [-0.1, -0.05) is 26.2 Å². The van der Waals surface area contributed by atoms with E-state index in [-0.39, 0.29) is 17.8 Å². The number of nitrogens with zero attached hydrogens (tertiary/aromatic N) is 1. The average Bonchev–Trinajstić information content (AvgIpc) is 2.73. The first kappa shape index (κ1) is 14.8.